The van der Waals surface area contributed by atoms with Gasteiger partial charge in [0.25, 0.3) is 5.91 Å². The maximum atomic E-state index is 13.8. The lowest BCUT2D eigenvalue weighted by molar-refractivity contribution is -0.124. The van der Waals surface area contributed by atoms with Gasteiger partial charge in [0, 0.05) is 28.4 Å². The Morgan fingerprint density at radius 1 is 1.17 bits per heavy atom. The van der Waals surface area contributed by atoms with E-state index in [2.05, 4.69) is 31.2 Å². The highest BCUT2D eigenvalue weighted by atomic mass is 32.1. The van der Waals surface area contributed by atoms with Crippen LogP contribution in [0.4, 0.5) is 5.69 Å². The highest BCUT2D eigenvalue weighted by Gasteiger charge is 2.36. The molecule has 2 amide bonds. The molecule has 0 spiro atoms. The molecule has 0 saturated carbocycles. The summed E-state index contributed by atoms with van der Waals surface area (Å²) in [5.74, 6) is 2.11. The third kappa shape index (κ3) is 5.42. The van der Waals surface area contributed by atoms with Gasteiger partial charge in [-0.2, -0.15) is 0 Å². The van der Waals surface area contributed by atoms with Crippen LogP contribution in [0.15, 0.2) is 65.2 Å². The molecule has 176 valence electrons. The Labute approximate surface area is 206 Å². The summed E-state index contributed by atoms with van der Waals surface area (Å²) in [5.41, 5.74) is 1.15. The Bertz CT molecular complexity index is 1350. The van der Waals surface area contributed by atoms with Crippen LogP contribution in [0.25, 0.3) is 11.3 Å². The van der Waals surface area contributed by atoms with E-state index in [0.29, 0.717) is 22.1 Å². The Kier molecular flexibility index (Phi) is 6.71. The largest absolute Gasteiger partial charge is 0.444 e. The van der Waals surface area contributed by atoms with Gasteiger partial charge in [-0.05, 0) is 57.0 Å². The van der Waals surface area contributed by atoms with Crippen molar-refractivity contribution in [1.82, 2.24) is 25.3 Å². The van der Waals surface area contributed by atoms with Crippen molar-refractivity contribution in [3.05, 3.63) is 77.2 Å². The molecule has 0 radical (unpaired) electrons. The minimum atomic E-state index is -1.10. The number of amides is 2. The summed E-state index contributed by atoms with van der Waals surface area (Å²) >= 11 is 1.18. The minimum Gasteiger partial charge on any atom is -0.444 e. The second-order valence-corrected chi connectivity index (χ2v) is 9.40. The smallest absolute Gasteiger partial charge is 0.278 e. The fourth-order valence-corrected chi connectivity index (χ4v) is 3.97. The van der Waals surface area contributed by atoms with Crippen LogP contribution >= 0.6 is 11.3 Å². The van der Waals surface area contributed by atoms with Gasteiger partial charge in [0.05, 0.1) is 11.9 Å². The van der Waals surface area contributed by atoms with Crippen LogP contribution in [-0.4, -0.2) is 37.3 Å². The maximum absolute atomic E-state index is 13.8. The van der Waals surface area contributed by atoms with Gasteiger partial charge in [-0.25, -0.2) is 19.9 Å². The molecule has 10 heteroatoms. The molecule has 0 aliphatic rings. The number of hydrogen-bond donors (Lipinski definition) is 1. The molecule has 1 unspecified atom stereocenters. The van der Waals surface area contributed by atoms with E-state index in [-0.39, 0.29) is 5.69 Å². The number of thiazole rings is 1. The summed E-state index contributed by atoms with van der Waals surface area (Å²) in [5, 5.41) is 4.90. The number of rotatable bonds is 6. The number of hydrogen-bond acceptors (Lipinski definition) is 8. The molecule has 1 atom stereocenters. The highest BCUT2D eigenvalue weighted by Crippen LogP contribution is 2.31. The van der Waals surface area contributed by atoms with E-state index >= 15 is 0 Å². The number of oxazole rings is 1. The van der Waals surface area contributed by atoms with E-state index in [1.54, 1.807) is 41.9 Å². The zero-order valence-corrected chi connectivity index (χ0v) is 20.1. The Hall–Kier alpha value is -4.36. The number of anilines is 1. The third-order valence-corrected chi connectivity index (χ3v) is 5.59. The SMILES string of the molecule is C#Cc1nc(C(=O)N(c2ccc(-c3cnco3)cc2)C(C(=O)NC(C)(C)C)c2ccncn2)cs1. The van der Waals surface area contributed by atoms with Gasteiger partial charge in [-0.1, -0.05) is 0 Å². The molecule has 0 saturated heterocycles. The predicted molar refractivity (Wildman–Crippen MR) is 131 cm³/mol. The highest BCUT2D eigenvalue weighted by molar-refractivity contribution is 7.10. The van der Waals surface area contributed by atoms with Crippen molar-refractivity contribution >= 4 is 28.8 Å². The van der Waals surface area contributed by atoms with Crippen molar-refractivity contribution in [2.24, 2.45) is 0 Å². The van der Waals surface area contributed by atoms with Crippen molar-refractivity contribution < 1.29 is 14.0 Å². The molecule has 0 aliphatic carbocycles. The van der Waals surface area contributed by atoms with Gasteiger partial charge in [0.15, 0.2) is 23.2 Å². The van der Waals surface area contributed by atoms with Crippen LogP contribution in [0.5, 0.6) is 0 Å². The van der Waals surface area contributed by atoms with Gasteiger partial charge >= 0.3 is 0 Å². The number of nitrogens with one attached hydrogen (secondary N) is 1. The van der Waals surface area contributed by atoms with E-state index in [1.165, 1.54) is 35.2 Å². The average Bonchev–Trinajstić information content (AvgIpc) is 3.54. The van der Waals surface area contributed by atoms with Crippen molar-refractivity contribution in [3.8, 4) is 23.7 Å². The van der Waals surface area contributed by atoms with Crippen molar-refractivity contribution in [2.45, 2.75) is 32.4 Å². The molecular weight excluding hydrogens is 464 g/mol. The Balaban J connectivity index is 1.84. The fraction of sp³-hybridized carbons (Fsp3) is 0.200. The molecule has 4 rings (SSSR count). The molecule has 0 bridgehead atoms. The topological polar surface area (TPSA) is 114 Å². The Morgan fingerprint density at radius 2 is 1.94 bits per heavy atom. The monoisotopic (exact) mass is 486 g/mol. The van der Waals surface area contributed by atoms with Gasteiger partial charge < -0.3 is 9.73 Å². The zero-order valence-electron chi connectivity index (χ0n) is 19.3. The summed E-state index contributed by atoms with van der Waals surface area (Å²) < 4.78 is 5.36. The van der Waals surface area contributed by atoms with E-state index in [0.717, 1.165) is 5.56 Å². The molecule has 0 fully saturated rings. The van der Waals surface area contributed by atoms with Crippen LogP contribution in [-0.2, 0) is 4.79 Å². The first-order chi connectivity index (χ1) is 16.8. The van der Waals surface area contributed by atoms with Gasteiger partial charge in [-0.3, -0.25) is 14.5 Å². The molecule has 1 aromatic carbocycles. The van der Waals surface area contributed by atoms with Crippen LogP contribution in [0.2, 0.25) is 0 Å². The summed E-state index contributed by atoms with van der Waals surface area (Å²) in [6, 6.07) is 7.51. The maximum Gasteiger partial charge on any atom is 0.278 e. The van der Waals surface area contributed by atoms with Crippen LogP contribution in [0.3, 0.4) is 0 Å². The number of carbonyl (C=O) groups excluding carboxylic acids is 2. The van der Waals surface area contributed by atoms with Gasteiger partial charge in [0.1, 0.15) is 12.0 Å². The molecular formula is C25H22N6O3S. The number of aromatic nitrogens is 4. The van der Waals surface area contributed by atoms with Crippen molar-refractivity contribution in [2.75, 3.05) is 4.90 Å². The van der Waals surface area contributed by atoms with E-state index in [1.807, 2.05) is 20.8 Å². The van der Waals surface area contributed by atoms with Crippen molar-refractivity contribution in [3.63, 3.8) is 0 Å². The lowest BCUT2D eigenvalue weighted by Gasteiger charge is -2.32. The summed E-state index contributed by atoms with van der Waals surface area (Å²) in [6.45, 7) is 5.58. The van der Waals surface area contributed by atoms with Crippen LogP contribution in [0.1, 0.15) is 48.0 Å². The number of nitrogens with zero attached hydrogens (tertiary/aromatic N) is 5. The first kappa shape index (κ1) is 23.8. The lowest BCUT2D eigenvalue weighted by atomic mass is 10.0. The lowest BCUT2D eigenvalue weighted by Crippen LogP contribution is -2.49. The quantitative estimate of drug-likeness (QED) is 0.412. The van der Waals surface area contributed by atoms with Crippen LogP contribution in [0, 0.1) is 12.3 Å². The molecule has 3 heterocycles. The Morgan fingerprint density at radius 3 is 2.51 bits per heavy atom. The van der Waals surface area contributed by atoms with E-state index < -0.39 is 23.4 Å². The number of carbonyl (C=O) groups is 2. The molecule has 35 heavy (non-hydrogen) atoms. The van der Waals surface area contributed by atoms with Crippen LogP contribution < -0.4 is 10.2 Å². The summed E-state index contributed by atoms with van der Waals surface area (Å²) in [4.78, 5) is 45.2. The summed E-state index contributed by atoms with van der Waals surface area (Å²) in [6.07, 6.45) is 11.2. The molecule has 1 N–H and O–H groups in total. The first-order valence-electron chi connectivity index (χ1n) is 10.6. The standard InChI is InChI=1S/C25H22N6O3S/c1-5-21-29-19(13-35-21)24(33)31(17-8-6-16(7-9-17)20-12-27-15-34-20)22(18-10-11-26-14-28-18)23(32)30-25(2,3)4/h1,6-15,22H,2-4H3,(H,30,32). The number of terminal acetylenes is 1. The van der Waals surface area contributed by atoms with Gasteiger partial charge in [0.2, 0.25) is 5.91 Å². The second-order valence-electron chi connectivity index (χ2n) is 8.55. The molecule has 3 aromatic heterocycles. The molecule has 9 nitrogen and oxygen atoms in total. The predicted octanol–water partition coefficient (Wildman–Crippen LogP) is 3.87. The van der Waals surface area contributed by atoms with Gasteiger partial charge in [-0.15, -0.1) is 17.8 Å². The van der Waals surface area contributed by atoms with E-state index in [4.69, 9.17) is 10.8 Å². The van der Waals surface area contributed by atoms with Crippen molar-refractivity contribution in [1.29, 1.82) is 0 Å². The average molecular weight is 487 g/mol. The minimum absolute atomic E-state index is 0.130. The normalized spacial score (nSPS) is 11.9. The molecule has 0 aliphatic heterocycles. The number of benzene rings is 1. The molecule has 4 aromatic rings. The van der Waals surface area contributed by atoms with E-state index in [9.17, 15) is 9.59 Å². The zero-order chi connectivity index (χ0) is 25.0. The fourth-order valence-electron chi connectivity index (χ4n) is 3.37. The summed E-state index contributed by atoms with van der Waals surface area (Å²) in [7, 11) is 0. The first-order valence-corrected chi connectivity index (χ1v) is 11.5. The second kappa shape index (κ2) is 9.87. The third-order valence-electron chi connectivity index (χ3n) is 4.82.